The van der Waals surface area contributed by atoms with Crippen LogP contribution >= 0.6 is 0 Å². The lowest BCUT2D eigenvalue weighted by Crippen LogP contribution is -2.91. The highest BCUT2D eigenvalue weighted by Gasteiger charge is 2.88. The summed E-state index contributed by atoms with van der Waals surface area (Å²) in [5.41, 5.74) is -7.88. The van der Waals surface area contributed by atoms with Crippen molar-refractivity contribution in [1.29, 1.82) is 0 Å². The van der Waals surface area contributed by atoms with E-state index in [9.17, 15) is 15.3 Å². The molecule has 6 aromatic rings. The molecule has 3 N–H and O–H groups in total. The highest BCUT2D eigenvalue weighted by Crippen LogP contribution is 2.57. The van der Waals surface area contributed by atoms with Crippen molar-refractivity contribution < 1.29 is 58.3 Å². The van der Waals surface area contributed by atoms with Crippen molar-refractivity contribution in [1.82, 2.24) is 0 Å². The number of aryl methyl sites for hydroxylation is 6. The van der Waals surface area contributed by atoms with E-state index in [-0.39, 0.29) is 33.4 Å². The van der Waals surface area contributed by atoms with Gasteiger partial charge in [0.1, 0.15) is 18.3 Å². The van der Waals surface area contributed by atoms with Gasteiger partial charge in [0.25, 0.3) is 16.8 Å². The van der Waals surface area contributed by atoms with E-state index in [1.54, 1.807) is 109 Å². The Hall–Kier alpha value is -7.38. The number of carbonyl (C=O) groups excluding carboxylic acids is 6. The van der Waals surface area contributed by atoms with Crippen LogP contribution in [0.15, 0.2) is 146 Å². The highest BCUT2D eigenvalue weighted by atomic mass is 16.7. The number of ketones is 3. The smallest absolute Gasteiger partial charge is 0.339 e. The molecule has 1 aliphatic rings. The van der Waals surface area contributed by atoms with Crippen LogP contribution in [-0.2, 0) is 52.7 Å². The zero-order valence-corrected chi connectivity index (χ0v) is 96.5. The van der Waals surface area contributed by atoms with Crippen LogP contribution in [0.1, 0.15) is 638 Å². The average Bonchev–Trinajstić information content (AvgIpc) is 0.655. The van der Waals surface area contributed by atoms with Gasteiger partial charge in [0.2, 0.25) is 17.3 Å². The van der Waals surface area contributed by atoms with E-state index in [4.69, 9.17) is 14.2 Å². The number of benzene rings is 6. The summed E-state index contributed by atoms with van der Waals surface area (Å²) in [6.45, 7) is 13.5. The van der Waals surface area contributed by atoms with Gasteiger partial charge in [-0.05, 0) is 147 Å². The molecule has 12 nitrogen and oxygen atoms in total. The Morgan fingerprint density at radius 1 is 0.173 bits per heavy atom. The number of unbranched alkanes of at least 4 members (excludes halogenated alkanes) is 72. The fourth-order valence-corrected chi connectivity index (χ4v) is 23.0. The van der Waals surface area contributed by atoms with Crippen molar-refractivity contribution in [3.63, 3.8) is 0 Å². The summed E-state index contributed by atoms with van der Waals surface area (Å²) in [6.07, 6.45) is 88.4. The molecule has 0 heterocycles. The molecule has 0 spiro atoms. The summed E-state index contributed by atoms with van der Waals surface area (Å²) in [5.74, 6) is -8.19. The van der Waals surface area contributed by atoms with E-state index in [1.807, 2.05) is 0 Å². The second-order valence-electron chi connectivity index (χ2n) is 45.8. The van der Waals surface area contributed by atoms with Crippen molar-refractivity contribution in [2.75, 3.05) is 0 Å². The van der Waals surface area contributed by atoms with Gasteiger partial charge in [0.15, 0.2) is 0 Å². The number of carbonyl (C=O) groups is 6. The Morgan fingerprint density at radius 2 is 0.300 bits per heavy atom. The number of Topliss-reactive ketones (excluding diaryl/α,β-unsaturated/α-hetero) is 3. The third-order valence-corrected chi connectivity index (χ3v) is 32.9. The largest absolute Gasteiger partial charge is 0.439 e. The number of hydrogen-bond acceptors (Lipinski definition) is 12. The van der Waals surface area contributed by atoms with Crippen LogP contribution in [0.2, 0.25) is 0 Å². The Kier molecular flexibility index (Phi) is 70.9. The minimum Gasteiger partial charge on any atom is -0.439 e. The molecule has 1 saturated carbocycles. The van der Waals surface area contributed by atoms with E-state index < -0.39 is 70.4 Å². The Balaban J connectivity index is 1.40. The summed E-state index contributed by atoms with van der Waals surface area (Å²) < 4.78 is 21.6. The fourth-order valence-electron chi connectivity index (χ4n) is 23.0. The topological polar surface area (TPSA) is 191 Å². The maximum absolute atomic E-state index is 18.4. The van der Waals surface area contributed by atoms with Gasteiger partial charge in [0.05, 0.1) is 16.7 Å². The summed E-state index contributed by atoms with van der Waals surface area (Å²) in [7, 11) is 0. The van der Waals surface area contributed by atoms with Gasteiger partial charge in [-0.1, -0.05) is 613 Å². The molecule has 6 aromatic carbocycles. The van der Waals surface area contributed by atoms with Crippen LogP contribution in [-0.4, -0.2) is 85.7 Å². The molecule has 840 valence electrons. The third-order valence-electron chi connectivity index (χ3n) is 32.9. The highest BCUT2D eigenvalue weighted by molar-refractivity contribution is 6.21. The second-order valence-corrected chi connectivity index (χ2v) is 45.8. The molecule has 1 fully saturated rings. The Morgan fingerprint density at radius 3 is 0.453 bits per heavy atom. The second kappa shape index (κ2) is 82.2. The van der Waals surface area contributed by atoms with Gasteiger partial charge in [-0.2, -0.15) is 0 Å². The molecular formula is C138H216O12. The van der Waals surface area contributed by atoms with E-state index in [0.717, 1.165) is 187 Å². The molecule has 12 heteroatoms. The molecule has 1 aliphatic carbocycles. The lowest BCUT2D eigenvalue weighted by atomic mass is 9.52. The molecule has 6 atom stereocenters. The molecule has 0 aromatic heterocycles. The lowest BCUT2D eigenvalue weighted by Gasteiger charge is -2.60. The molecule has 0 amide bonds. The first kappa shape index (κ1) is 130. The fraction of sp³-hybridized carbons (Fsp3) is 0.696. The van der Waals surface area contributed by atoms with Crippen LogP contribution in [0, 0.1) is 0 Å². The average molecular weight is 2070 g/mol. The van der Waals surface area contributed by atoms with Gasteiger partial charge >= 0.3 is 17.9 Å². The molecule has 2 unspecified atom stereocenters. The first-order valence-corrected chi connectivity index (χ1v) is 63.5. The van der Waals surface area contributed by atoms with Crippen molar-refractivity contribution in [2.45, 2.75) is 616 Å². The van der Waals surface area contributed by atoms with E-state index in [2.05, 4.69) is 41.5 Å². The molecule has 0 bridgehead atoms. The van der Waals surface area contributed by atoms with Crippen molar-refractivity contribution in [3.05, 3.63) is 212 Å². The van der Waals surface area contributed by atoms with Crippen LogP contribution < -0.4 is 0 Å². The maximum atomic E-state index is 18.4. The van der Waals surface area contributed by atoms with E-state index in [0.29, 0.717) is 38.5 Å². The lowest BCUT2D eigenvalue weighted by molar-refractivity contribution is -0.293. The summed E-state index contributed by atoms with van der Waals surface area (Å²) >= 11 is 0. The summed E-state index contributed by atoms with van der Waals surface area (Å²) in [5, 5.41) is 42.3. The van der Waals surface area contributed by atoms with Gasteiger partial charge in [-0.25, -0.2) is 14.4 Å². The van der Waals surface area contributed by atoms with Crippen molar-refractivity contribution in [3.8, 4) is 0 Å². The Labute approximate surface area is 916 Å². The minimum atomic E-state index is -4.04. The van der Waals surface area contributed by atoms with Crippen LogP contribution in [0.3, 0.4) is 0 Å². The summed E-state index contributed by atoms with van der Waals surface area (Å²) in [4.78, 5) is 105. The van der Waals surface area contributed by atoms with Crippen molar-refractivity contribution in [2.24, 2.45) is 0 Å². The number of rotatable bonds is 96. The number of aliphatic hydroxyl groups is 3. The van der Waals surface area contributed by atoms with Crippen molar-refractivity contribution >= 4 is 35.3 Å². The van der Waals surface area contributed by atoms with E-state index in [1.165, 1.54) is 383 Å². The van der Waals surface area contributed by atoms with Crippen LogP contribution in [0.4, 0.5) is 0 Å². The van der Waals surface area contributed by atoms with Crippen LogP contribution in [0.25, 0.3) is 0 Å². The molecule has 0 aliphatic heterocycles. The molecular weight excluding hydrogens is 1850 g/mol. The first-order valence-electron chi connectivity index (χ1n) is 63.5. The SMILES string of the molecule is CCCCCCCCCCCCCCCc1ccc(C(=O)OC2(C(=O)c3ccc(CCCCCCCCCCCCCCC)cc3)[C@@](OC(=O)c3ccc(CCCCCCCCCCCCCCC)cc3)(C(=O)c3ccc(CCCCCCCCCCCCCCC)cc3)[C@@H](O)C(O)[C@@H](O)[C@@]2(OC(=O)c2ccc(CCCCCCCCCCCCCCC)cc2)C(=O)c2ccc(CCCCCCCCCCCCCCC)cc2)cc1. The molecule has 150 heavy (non-hydrogen) atoms. The zero-order valence-electron chi connectivity index (χ0n) is 96.5. The van der Waals surface area contributed by atoms with Crippen LogP contribution in [0.5, 0.6) is 0 Å². The predicted molar refractivity (Wildman–Crippen MR) is 630 cm³/mol. The monoisotopic (exact) mass is 2070 g/mol. The number of aliphatic hydroxyl groups excluding tert-OH is 3. The standard InChI is InChI=1S/C138H216O12/c1-7-13-19-25-31-37-43-49-55-61-67-73-79-85-115-91-103-121(104-92-115)128(140)136(148-133(145)124-109-97-118(98-110-124)88-82-76-70-64-58-52-46-40-34-28-22-16-10-4)131(143)127(139)132(144)137(129(141)122-105-93-116(94-106-122)86-80-74-68-62-56-50-44-38-32-26-20-14-8-2,149-134(146)125-111-99-119(100-112-125)89-83-77-71-65-59-53-47-41-35-29-23-17-11-5)138(136,130(142)123-107-95-117(96-108-123)87-81-75-69-63-57-51-45-39-33-27-21-15-9-3)150-135(147)126-113-101-120(102-114-126)90-84-78-72-66-60-54-48-42-36-30-24-18-12-6/h91-114,127,131-132,139,143-144H,7-90H2,1-6H3/t127?,131-,132+,136+,137-,138?. The molecule has 0 radical (unpaired) electrons. The Bertz CT molecular complexity index is 4210. The maximum Gasteiger partial charge on any atom is 0.339 e. The quantitative estimate of drug-likeness (QED) is 0.0142. The van der Waals surface area contributed by atoms with Gasteiger partial charge in [0, 0.05) is 16.7 Å². The summed E-state index contributed by atoms with van der Waals surface area (Å²) in [6, 6.07) is 39.8. The van der Waals surface area contributed by atoms with Gasteiger partial charge in [-0.15, -0.1) is 0 Å². The predicted octanol–water partition coefficient (Wildman–Crippen LogP) is 39.3. The normalized spacial score (nSPS) is 16.6. The zero-order chi connectivity index (χ0) is 107. The first-order chi connectivity index (χ1) is 73.6. The number of hydrogen-bond donors (Lipinski definition) is 3. The molecule has 7 rings (SSSR count). The minimum absolute atomic E-state index is 0.159. The molecule has 0 saturated heterocycles. The number of esters is 3. The van der Waals surface area contributed by atoms with Gasteiger partial charge < -0.3 is 29.5 Å². The third kappa shape index (κ3) is 48.5. The number of ether oxygens (including phenoxy) is 3. The van der Waals surface area contributed by atoms with Gasteiger partial charge in [-0.3, -0.25) is 14.4 Å². The van der Waals surface area contributed by atoms with E-state index >= 15 is 28.8 Å².